The third-order valence-electron chi connectivity index (χ3n) is 3.11. The van der Waals surface area contributed by atoms with Gasteiger partial charge in [0.15, 0.2) is 0 Å². The highest BCUT2D eigenvalue weighted by Gasteiger charge is 2.33. The SMILES string of the molecule is CN(C(=O)OC(C)(C)C)C(CN)C1CCC1. The van der Waals surface area contributed by atoms with E-state index in [4.69, 9.17) is 10.5 Å². The van der Waals surface area contributed by atoms with Gasteiger partial charge in [0.2, 0.25) is 0 Å². The average molecular weight is 228 g/mol. The van der Waals surface area contributed by atoms with Gasteiger partial charge < -0.3 is 15.4 Å². The molecule has 0 aromatic rings. The molecule has 4 nitrogen and oxygen atoms in total. The van der Waals surface area contributed by atoms with Crippen LogP contribution in [-0.2, 0) is 4.74 Å². The van der Waals surface area contributed by atoms with Crippen molar-refractivity contribution in [2.24, 2.45) is 11.7 Å². The van der Waals surface area contributed by atoms with Crippen LogP contribution in [-0.4, -0.2) is 36.2 Å². The number of ether oxygens (including phenoxy) is 1. The molecule has 0 bridgehead atoms. The van der Waals surface area contributed by atoms with Gasteiger partial charge in [0, 0.05) is 19.6 Å². The minimum atomic E-state index is -0.440. The molecule has 1 aliphatic carbocycles. The average Bonchev–Trinajstić information content (AvgIpc) is 2.06. The Morgan fingerprint density at radius 2 is 2.06 bits per heavy atom. The molecule has 94 valence electrons. The van der Waals surface area contributed by atoms with Crippen molar-refractivity contribution in [3.05, 3.63) is 0 Å². The third kappa shape index (κ3) is 3.37. The van der Waals surface area contributed by atoms with Crippen LogP contribution in [0.1, 0.15) is 40.0 Å². The zero-order chi connectivity index (χ0) is 12.3. The van der Waals surface area contributed by atoms with Gasteiger partial charge in [-0.25, -0.2) is 4.79 Å². The van der Waals surface area contributed by atoms with E-state index in [9.17, 15) is 4.79 Å². The molecule has 4 heteroatoms. The van der Waals surface area contributed by atoms with E-state index in [0.717, 1.165) is 0 Å². The van der Waals surface area contributed by atoms with E-state index in [-0.39, 0.29) is 12.1 Å². The lowest BCUT2D eigenvalue weighted by Gasteiger charge is -2.39. The molecule has 16 heavy (non-hydrogen) atoms. The highest BCUT2D eigenvalue weighted by molar-refractivity contribution is 5.68. The second kappa shape index (κ2) is 5.04. The largest absolute Gasteiger partial charge is 0.444 e. The van der Waals surface area contributed by atoms with E-state index in [2.05, 4.69) is 0 Å². The zero-order valence-corrected chi connectivity index (χ0v) is 10.8. The van der Waals surface area contributed by atoms with Crippen LogP contribution in [0.5, 0.6) is 0 Å². The molecule has 1 aliphatic rings. The fraction of sp³-hybridized carbons (Fsp3) is 0.917. The first-order valence-corrected chi connectivity index (χ1v) is 6.01. The summed E-state index contributed by atoms with van der Waals surface area (Å²) < 4.78 is 5.33. The maximum atomic E-state index is 11.9. The van der Waals surface area contributed by atoms with E-state index < -0.39 is 5.60 Å². The first-order chi connectivity index (χ1) is 7.35. The minimum Gasteiger partial charge on any atom is -0.444 e. The normalized spacial score (nSPS) is 18.8. The van der Waals surface area contributed by atoms with Crippen LogP contribution in [0.15, 0.2) is 0 Å². The monoisotopic (exact) mass is 228 g/mol. The lowest BCUT2D eigenvalue weighted by atomic mass is 9.79. The van der Waals surface area contributed by atoms with Gasteiger partial charge in [-0.15, -0.1) is 0 Å². The molecular formula is C12H24N2O2. The van der Waals surface area contributed by atoms with Crippen molar-refractivity contribution in [2.75, 3.05) is 13.6 Å². The molecule has 0 spiro atoms. The first kappa shape index (κ1) is 13.3. The van der Waals surface area contributed by atoms with Crippen molar-refractivity contribution in [1.82, 2.24) is 4.90 Å². The number of carbonyl (C=O) groups excluding carboxylic acids is 1. The van der Waals surface area contributed by atoms with E-state index in [0.29, 0.717) is 12.5 Å². The molecule has 1 unspecified atom stereocenters. The van der Waals surface area contributed by atoms with Gasteiger partial charge >= 0.3 is 6.09 Å². The fourth-order valence-electron chi connectivity index (χ4n) is 1.96. The standard InChI is InChI=1S/C12H24N2O2/c1-12(2,3)16-11(15)14(4)10(8-13)9-6-5-7-9/h9-10H,5-8,13H2,1-4H3. The van der Waals surface area contributed by atoms with Crippen molar-refractivity contribution in [1.29, 1.82) is 0 Å². The maximum absolute atomic E-state index is 11.9. The smallest absolute Gasteiger partial charge is 0.410 e. The molecule has 1 fully saturated rings. The summed E-state index contributed by atoms with van der Waals surface area (Å²) in [5.41, 5.74) is 5.30. The number of hydrogen-bond donors (Lipinski definition) is 1. The molecule has 0 aliphatic heterocycles. The topological polar surface area (TPSA) is 55.6 Å². The summed E-state index contributed by atoms with van der Waals surface area (Å²) in [4.78, 5) is 13.5. The molecule has 0 radical (unpaired) electrons. The Bertz CT molecular complexity index is 244. The number of nitrogens with two attached hydrogens (primary N) is 1. The molecule has 1 atom stereocenters. The molecule has 1 rings (SSSR count). The summed E-state index contributed by atoms with van der Waals surface area (Å²) in [5, 5.41) is 0. The number of likely N-dealkylation sites (N-methyl/N-ethyl adjacent to an activating group) is 1. The Kier molecular flexibility index (Phi) is 4.19. The summed E-state index contributed by atoms with van der Waals surface area (Å²) in [6.07, 6.45) is 3.34. The Labute approximate surface area is 98.1 Å². The third-order valence-corrected chi connectivity index (χ3v) is 3.11. The van der Waals surface area contributed by atoms with Gasteiger partial charge in [0.05, 0.1) is 0 Å². The van der Waals surface area contributed by atoms with Crippen LogP contribution in [0.2, 0.25) is 0 Å². The van der Waals surface area contributed by atoms with E-state index in [1.807, 2.05) is 20.8 Å². The van der Waals surface area contributed by atoms with Gasteiger partial charge in [-0.2, -0.15) is 0 Å². The molecule has 0 saturated heterocycles. The Morgan fingerprint density at radius 3 is 2.38 bits per heavy atom. The van der Waals surface area contributed by atoms with E-state index in [1.54, 1.807) is 11.9 Å². The molecule has 1 amide bonds. The van der Waals surface area contributed by atoms with Gasteiger partial charge in [-0.05, 0) is 39.5 Å². The van der Waals surface area contributed by atoms with Crippen molar-refractivity contribution in [3.8, 4) is 0 Å². The Balaban J connectivity index is 2.53. The summed E-state index contributed by atoms with van der Waals surface area (Å²) in [5.74, 6) is 0.558. The lowest BCUT2D eigenvalue weighted by Crippen LogP contribution is -2.49. The van der Waals surface area contributed by atoms with E-state index >= 15 is 0 Å². The molecule has 2 N–H and O–H groups in total. The summed E-state index contributed by atoms with van der Waals surface area (Å²) in [6.45, 7) is 6.14. The number of rotatable bonds is 3. The first-order valence-electron chi connectivity index (χ1n) is 6.01. The van der Waals surface area contributed by atoms with Crippen molar-refractivity contribution < 1.29 is 9.53 Å². The van der Waals surface area contributed by atoms with E-state index in [1.165, 1.54) is 19.3 Å². The van der Waals surface area contributed by atoms with Crippen LogP contribution < -0.4 is 5.73 Å². The van der Waals surface area contributed by atoms with Crippen LogP contribution in [0.25, 0.3) is 0 Å². The van der Waals surface area contributed by atoms with Gasteiger partial charge in [0.1, 0.15) is 5.60 Å². The van der Waals surface area contributed by atoms with Crippen LogP contribution in [0, 0.1) is 5.92 Å². The Morgan fingerprint density at radius 1 is 1.50 bits per heavy atom. The van der Waals surface area contributed by atoms with Gasteiger partial charge in [0.25, 0.3) is 0 Å². The zero-order valence-electron chi connectivity index (χ0n) is 10.8. The number of nitrogens with zero attached hydrogens (tertiary/aromatic N) is 1. The summed E-state index contributed by atoms with van der Waals surface area (Å²) >= 11 is 0. The predicted octanol–water partition coefficient (Wildman–Crippen LogP) is 1.98. The van der Waals surface area contributed by atoms with Crippen molar-refractivity contribution in [3.63, 3.8) is 0 Å². The molecule has 0 aromatic carbocycles. The van der Waals surface area contributed by atoms with Crippen molar-refractivity contribution >= 4 is 6.09 Å². The molecule has 1 saturated carbocycles. The van der Waals surface area contributed by atoms with Crippen molar-refractivity contribution in [2.45, 2.75) is 51.7 Å². The summed E-state index contributed by atoms with van der Waals surface area (Å²) in [6, 6.07) is 0.128. The number of hydrogen-bond acceptors (Lipinski definition) is 3. The number of carbonyl (C=O) groups is 1. The maximum Gasteiger partial charge on any atom is 0.410 e. The molecule has 0 aromatic heterocycles. The quantitative estimate of drug-likeness (QED) is 0.803. The minimum absolute atomic E-state index is 0.128. The second-order valence-corrected chi connectivity index (χ2v) is 5.59. The number of amides is 1. The summed E-state index contributed by atoms with van der Waals surface area (Å²) in [7, 11) is 1.78. The van der Waals surface area contributed by atoms with Gasteiger partial charge in [-0.3, -0.25) is 0 Å². The predicted molar refractivity (Wildman–Crippen MR) is 64.2 cm³/mol. The second-order valence-electron chi connectivity index (χ2n) is 5.59. The molecule has 0 heterocycles. The lowest BCUT2D eigenvalue weighted by molar-refractivity contribution is 0.0120. The Hall–Kier alpha value is -0.770. The van der Waals surface area contributed by atoms with Gasteiger partial charge in [-0.1, -0.05) is 6.42 Å². The fourth-order valence-corrected chi connectivity index (χ4v) is 1.96. The molecular weight excluding hydrogens is 204 g/mol. The van der Waals surface area contributed by atoms with Crippen LogP contribution >= 0.6 is 0 Å². The van der Waals surface area contributed by atoms with Crippen LogP contribution in [0.3, 0.4) is 0 Å². The highest BCUT2D eigenvalue weighted by Crippen LogP contribution is 2.31. The highest BCUT2D eigenvalue weighted by atomic mass is 16.6. The van der Waals surface area contributed by atoms with Crippen LogP contribution in [0.4, 0.5) is 4.79 Å².